The Morgan fingerprint density at radius 3 is 2.62 bits per heavy atom. The molecule has 2 rings (SSSR count). The molecule has 21 heavy (non-hydrogen) atoms. The van der Waals surface area contributed by atoms with Gasteiger partial charge in [0.05, 0.1) is 19.6 Å². The van der Waals surface area contributed by atoms with Gasteiger partial charge in [-0.05, 0) is 12.1 Å². The smallest absolute Gasteiger partial charge is 0.307 e. The molecule has 0 bridgehead atoms. The van der Waals surface area contributed by atoms with Crippen LogP contribution in [0.3, 0.4) is 0 Å². The maximum absolute atomic E-state index is 11.6. The lowest BCUT2D eigenvalue weighted by molar-refractivity contribution is -0.140. The Balaban J connectivity index is 2.42. The average Bonchev–Trinajstić information content (AvgIpc) is 2.93. The van der Waals surface area contributed by atoms with Crippen LogP contribution in [0, 0.1) is 22.7 Å². The summed E-state index contributed by atoms with van der Waals surface area (Å²) in [4.78, 5) is 13.4. The van der Waals surface area contributed by atoms with E-state index in [1.165, 1.54) is 18.9 Å². The SMILES string of the molecule is COC(=O)CC1CSC(=C(C#N)C#N)N1c1ccccc1. The minimum atomic E-state index is -0.307. The van der Waals surface area contributed by atoms with Crippen LogP contribution in [0.1, 0.15) is 6.42 Å². The van der Waals surface area contributed by atoms with E-state index in [0.29, 0.717) is 10.8 Å². The largest absolute Gasteiger partial charge is 0.469 e. The number of rotatable bonds is 3. The van der Waals surface area contributed by atoms with Crippen molar-refractivity contribution in [1.82, 2.24) is 0 Å². The topological polar surface area (TPSA) is 77.1 Å². The molecule has 0 N–H and O–H groups in total. The van der Waals surface area contributed by atoms with Crippen LogP contribution in [0.25, 0.3) is 0 Å². The summed E-state index contributed by atoms with van der Waals surface area (Å²) in [6.07, 6.45) is 0.214. The van der Waals surface area contributed by atoms with Crippen LogP contribution in [0.15, 0.2) is 40.9 Å². The number of ether oxygens (including phenoxy) is 1. The number of hydrogen-bond acceptors (Lipinski definition) is 6. The second-order valence-corrected chi connectivity index (χ2v) is 5.36. The predicted octanol–water partition coefficient (Wildman–Crippen LogP) is 2.43. The number of anilines is 1. The highest BCUT2D eigenvalue weighted by atomic mass is 32.2. The van der Waals surface area contributed by atoms with Crippen LogP contribution in [0.2, 0.25) is 0 Å². The van der Waals surface area contributed by atoms with E-state index >= 15 is 0 Å². The Hall–Kier alpha value is -2.44. The van der Waals surface area contributed by atoms with Gasteiger partial charge in [-0.25, -0.2) is 0 Å². The molecule has 1 fully saturated rings. The first kappa shape index (κ1) is 15.0. The Morgan fingerprint density at radius 1 is 1.38 bits per heavy atom. The minimum absolute atomic E-state index is 0.0659. The predicted molar refractivity (Wildman–Crippen MR) is 80.1 cm³/mol. The van der Waals surface area contributed by atoms with E-state index in [1.807, 2.05) is 47.4 Å². The van der Waals surface area contributed by atoms with Gasteiger partial charge >= 0.3 is 5.97 Å². The Labute approximate surface area is 127 Å². The van der Waals surface area contributed by atoms with Gasteiger partial charge in [-0.3, -0.25) is 4.79 Å². The van der Waals surface area contributed by atoms with E-state index in [-0.39, 0.29) is 24.0 Å². The third-order valence-corrected chi connectivity index (χ3v) is 4.32. The number of carbonyl (C=O) groups is 1. The molecule has 1 aromatic carbocycles. The lowest BCUT2D eigenvalue weighted by Gasteiger charge is -2.26. The molecule has 1 saturated heterocycles. The van der Waals surface area contributed by atoms with Gasteiger partial charge in [0.25, 0.3) is 0 Å². The lowest BCUT2D eigenvalue weighted by Crippen LogP contribution is -2.32. The van der Waals surface area contributed by atoms with Crippen molar-refractivity contribution in [3.63, 3.8) is 0 Å². The fraction of sp³-hybridized carbons (Fsp3) is 0.267. The molecule has 1 aromatic rings. The summed E-state index contributed by atoms with van der Waals surface area (Å²) in [7, 11) is 1.35. The molecule has 0 saturated carbocycles. The summed E-state index contributed by atoms with van der Waals surface area (Å²) in [6, 6.07) is 13.1. The molecular formula is C15H13N3O2S. The van der Waals surface area contributed by atoms with Crippen LogP contribution >= 0.6 is 11.8 Å². The van der Waals surface area contributed by atoms with Crippen molar-refractivity contribution in [2.24, 2.45) is 0 Å². The first-order valence-corrected chi connectivity index (χ1v) is 7.28. The summed E-state index contributed by atoms with van der Waals surface area (Å²) < 4.78 is 4.72. The van der Waals surface area contributed by atoms with Crippen molar-refractivity contribution >= 4 is 23.4 Å². The molecule has 1 atom stereocenters. The first-order chi connectivity index (χ1) is 10.2. The van der Waals surface area contributed by atoms with Crippen LogP contribution in [-0.4, -0.2) is 24.9 Å². The van der Waals surface area contributed by atoms with Crippen LogP contribution < -0.4 is 4.90 Å². The molecule has 1 unspecified atom stereocenters. The van der Waals surface area contributed by atoms with Crippen LogP contribution in [-0.2, 0) is 9.53 Å². The third-order valence-electron chi connectivity index (χ3n) is 3.10. The standard InChI is InChI=1S/C15H13N3O2S/c1-20-14(19)7-13-10-21-15(11(8-16)9-17)18(13)12-5-3-2-4-6-12/h2-6,13H,7,10H2,1H3. The Kier molecular flexibility index (Phi) is 4.86. The van der Waals surface area contributed by atoms with Crippen molar-refractivity contribution in [3.05, 3.63) is 40.9 Å². The second-order valence-electron chi connectivity index (χ2n) is 4.35. The zero-order chi connectivity index (χ0) is 15.2. The quantitative estimate of drug-likeness (QED) is 0.630. The van der Waals surface area contributed by atoms with Crippen LogP contribution in [0.5, 0.6) is 0 Å². The zero-order valence-corrected chi connectivity index (χ0v) is 12.3. The van der Waals surface area contributed by atoms with E-state index in [9.17, 15) is 4.79 Å². The molecular weight excluding hydrogens is 286 g/mol. The Bertz CT molecular complexity index is 627. The van der Waals surface area contributed by atoms with Crippen molar-refractivity contribution in [2.45, 2.75) is 12.5 Å². The molecule has 1 aliphatic heterocycles. The fourth-order valence-electron chi connectivity index (χ4n) is 2.14. The number of nitrogens with zero attached hydrogens (tertiary/aromatic N) is 3. The number of nitriles is 2. The summed E-state index contributed by atoms with van der Waals surface area (Å²) in [5.74, 6) is 0.324. The number of hydrogen-bond donors (Lipinski definition) is 0. The van der Waals surface area contributed by atoms with E-state index in [1.54, 1.807) is 0 Å². The van der Waals surface area contributed by atoms with Gasteiger partial charge in [-0.15, -0.1) is 11.8 Å². The molecule has 0 amide bonds. The molecule has 0 aliphatic carbocycles. The summed E-state index contributed by atoms with van der Waals surface area (Å²) in [6.45, 7) is 0. The van der Waals surface area contributed by atoms with E-state index in [0.717, 1.165) is 5.69 Å². The van der Waals surface area contributed by atoms with Crippen molar-refractivity contribution < 1.29 is 9.53 Å². The number of para-hydroxylation sites is 1. The highest BCUT2D eigenvalue weighted by molar-refractivity contribution is 8.03. The van der Waals surface area contributed by atoms with E-state index in [2.05, 4.69) is 0 Å². The first-order valence-electron chi connectivity index (χ1n) is 6.29. The normalized spacial score (nSPS) is 17.0. The molecule has 0 spiro atoms. The van der Waals surface area contributed by atoms with Gasteiger partial charge < -0.3 is 9.64 Å². The van der Waals surface area contributed by atoms with Crippen LogP contribution in [0.4, 0.5) is 5.69 Å². The number of allylic oxidation sites excluding steroid dienone is 1. The highest BCUT2D eigenvalue weighted by Gasteiger charge is 2.34. The fourth-order valence-corrected chi connectivity index (χ4v) is 3.39. The van der Waals surface area contributed by atoms with Gasteiger partial charge in [0.15, 0.2) is 5.57 Å². The van der Waals surface area contributed by atoms with Gasteiger partial charge in [0, 0.05) is 11.4 Å². The van der Waals surface area contributed by atoms with Crippen molar-refractivity contribution in [2.75, 3.05) is 17.8 Å². The van der Waals surface area contributed by atoms with Crippen molar-refractivity contribution in [3.8, 4) is 12.1 Å². The maximum Gasteiger partial charge on any atom is 0.307 e. The van der Waals surface area contributed by atoms with Gasteiger partial charge in [-0.1, -0.05) is 18.2 Å². The average molecular weight is 299 g/mol. The molecule has 0 aromatic heterocycles. The Morgan fingerprint density at radius 2 is 2.05 bits per heavy atom. The number of methoxy groups -OCH3 is 1. The van der Waals surface area contributed by atoms with Gasteiger partial charge in [0.2, 0.25) is 0 Å². The summed E-state index contributed by atoms with van der Waals surface area (Å²) >= 11 is 1.42. The molecule has 5 nitrogen and oxygen atoms in total. The molecule has 6 heteroatoms. The molecule has 1 aliphatic rings. The lowest BCUT2D eigenvalue weighted by atomic mass is 10.1. The summed E-state index contributed by atoms with van der Waals surface area (Å²) in [5, 5.41) is 18.8. The number of thioether (sulfide) groups is 1. The molecule has 106 valence electrons. The second kappa shape index (κ2) is 6.83. The minimum Gasteiger partial charge on any atom is -0.469 e. The van der Waals surface area contributed by atoms with E-state index < -0.39 is 0 Å². The highest BCUT2D eigenvalue weighted by Crippen LogP contribution is 2.39. The molecule has 1 heterocycles. The third kappa shape index (κ3) is 3.18. The van der Waals surface area contributed by atoms with Gasteiger partial charge in [-0.2, -0.15) is 10.5 Å². The number of esters is 1. The number of carbonyl (C=O) groups excluding carboxylic acids is 1. The molecule has 0 radical (unpaired) electrons. The number of benzene rings is 1. The van der Waals surface area contributed by atoms with E-state index in [4.69, 9.17) is 15.3 Å². The zero-order valence-electron chi connectivity index (χ0n) is 11.4. The van der Waals surface area contributed by atoms with Gasteiger partial charge in [0.1, 0.15) is 17.2 Å². The monoisotopic (exact) mass is 299 g/mol. The maximum atomic E-state index is 11.6. The van der Waals surface area contributed by atoms with Crippen molar-refractivity contribution in [1.29, 1.82) is 10.5 Å². The summed E-state index contributed by atoms with van der Waals surface area (Å²) in [5.41, 5.74) is 0.922.